The van der Waals surface area contributed by atoms with Gasteiger partial charge in [-0.1, -0.05) is 0 Å². The van der Waals surface area contributed by atoms with Gasteiger partial charge in [0.15, 0.2) is 5.65 Å². The summed E-state index contributed by atoms with van der Waals surface area (Å²) in [5.41, 5.74) is 6.92. The van der Waals surface area contributed by atoms with Crippen molar-refractivity contribution in [3.05, 3.63) is 53.1 Å². The normalized spacial score (nSPS) is 19.3. The third-order valence-corrected chi connectivity index (χ3v) is 4.93. The molecule has 2 aromatic heterocycles. The second kappa shape index (κ2) is 6.45. The summed E-state index contributed by atoms with van der Waals surface area (Å²) in [4.78, 5) is 15.6. The Morgan fingerprint density at radius 3 is 3.04 bits per heavy atom. The van der Waals surface area contributed by atoms with Crippen molar-refractivity contribution >= 4 is 17.4 Å². The van der Waals surface area contributed by atoms with E-state index < -0.39 is 11.6 Å². The van der Waals surface area contributed by atoms with Crippen LogP contribution in [0.2, 0.25) is 0 Å². The molecule has 8 nitrogen and oxygen atoms in total. The summed E-state index contributed by atoms with van der Waals surface area (Å²) < 4.78 is 21.6. The van der Waals surface area contributed by atoms with E-state index in [-0.39, 0.29) is 23.1 Å². The average molecular weight is 385 g/mol. The molecule has 0 saturated heterocycles. The van der Waals surface area contributed by atoms with Gasteiger partial charge < -0.3 is 20.9 Å². The summed E-state index contributed by atoms with van der Waals surface area (Å²) in [7, 11) is 0. The predicted molar refractivity (Wildman–Crippen MR) is 100 cm³/mol. The molecule has 0 saturated carbocycles. The first-order valence-corrected chi connectivity index (χ1v) is 8.85. The molecule has 0 bridgehead atoms. The molecule has 3 aromatic rings. The zero-order chi connectivity index (χ0) is 20.1. The molecule has 4 rings (SSSR count). The summed E-state index contributed by atoms with van der Waals surface area (Å²) >= 11 is 0. The maximum absolute atomic E-state index is 14.2. The number of benzene rings is 1. The van der Waals surface area contributed by atoms with Crippen LogP contribution in [-0.2, 0) is 6.42 Å². The van der Waals surface area contributed by atoms with E-state index in [2.05, 4.69) is 15.4 Å². The molecule has 0 radical (unpaired) electrons. The highest BCUT2D eigenvalue weighted by atomic mass is 19.1. The van der Waals surface area contributed by atoms with Gasteiger partial charge in [0.2, 0.25) is 0 Å². The van der Waals surface area contributed by atoms with Crippen molar-refractivity contribution in [1.82, 2.24) is 14.6 Å². The van der Waals surface area contributed by atoms with Crippen LogP contribution in [0.15, 0.2) is 30.6 Å². The highest BCUT2D eigenvalue weighted by Crippen LogP contribution is 2.41. The van der Waals surface area contributed by atoms with Gasteiger partial charge in [0.1, 0.15) is 28.5 Å². The standard InChI is InChI=1S/C19H20FN5O3/c1-10(13-6-12(20)5-11-7-19(2,9-21)28-16(11)13)23-15-3-4-25-17(24-15)14(8-22-25)18(26)27/h3-6,8,10H,7,9,21H2,1-2H3,(H,23,24)(H,26,27)/t10-,19-/m1/s1. The number of aromatic nitrogens is 3. The van der Waals surface area contributed by atoms with Crippen molar-refractivity contribution in [1.29, 1.82) is 0 Å². The van der Waals surface area contributed by atoms with E-state index in [9.17, 15) is 14.3 Å². The van der Waals surface area contributed by atoms with Gasteiger partial charge >= 0.3 is 5.97 Å². The molecule has 9 heteroatoms. The smallest absolute Gasteiger partial charge is 0.341 e. The summed E-state index contributed by atoms with van der Waals surface area (Å²) in [5, 5.41) is 16.4. The Morgan fingerprint density at radius 1 is 1.54 bits per heavy atom. The molecule has 1 aromatic carbocycles. The summed E-state index contributed by atoms with van der Waals surface area (Å²) in [5.74, 6) is -0.378. The molecule has 0 fully saturated rings. The van der Waals surface area contributed by atoms with Crippen LogP contribution in [-0.4, -0.2) is 37.8 Å². The SMILES string of the molecule is C[C@@H](Nc1ccn2ncc(C(=O)O)c2n1)c1cc(F)cc2c1O[C@@](C)(CN)C2. The maximum Gasteiger partial charge on any atom is 0.341 e. The molecule has 146 valence electrons. The van der Waals surface area contributed by atoms with Gasteiger partial charge in [0.05, 0.1) is 12.2 Å². The van der Waals surface area contributed by atoms with Crippen LogP contribution < -0.4 is 15.8 Å². The van der Waals surface area contributed by atoms with Gasteiger partial charge in [-0.05, 0) is 32.0 Å². The number of anilines is 1. The minimum atomic E-state index is -1.11. The number of aromatic carboxylic acids is 1. The highest BCUT2D eigenvalue weighted by molar-refractivity contribution is 5.94. The lowest BCUT2D eigenvalue weighted by Crippen LogP contribution is -2.39. The number of ether oxygens (including phenoxy) is 1. The highest BCUT2D eigenvalue weighted by Gasteiger charge is 2.36. The van der Waals surface area contributed by atoms with Gasteiger partial charge in [-0.25, -0.2) is 18.7 Å². The summed E-state index contributed by atoms with van der Waals surface area (Å²) in [6.45, 7) is 4.08. The van der Waals surface area contributed by atoms with Crippen LogP contribution >= 0.6 is 0 Å². The first-order chi connectivity index (χ1) is 13.3. The van der Waals surface area contributed by atoms with E-state index in [1.807, 2.05) is 13.8 Å². The number of hydrogen-bond acceptors (Lipinski definition) is 6. The number of nitrogens with one attached hydrogen (secondary N) is 1. The van der Waals surface area contributed by atoms with E-state index >= 15 is 0 Å². The van der Waals surface area contributed by atoms with Crippen molar-refractivity contribution in [2.45, 2.75) is 31.9 Å². The average Bonchev–Trinajstić information content (AvgIpc) is 3.21. The first kappa shape index (κ1) is 18.2. The molecule has 1 aliphatic heterocycles. The fourth-order valence-corrected chi connectivity index (χ4v) is 3.45. The number of hydrogen-bond donors (Lipinski definition) is 3. The fraction of sp³-hybridized carbons (Fsp3) is 0.316. The quantitative estimate of drug-likeness (QED) is 0.618. The zero-order valence-electron chi connectivity index (χ0n) is 15.4. The van der Waals surface area contributed by atoms with Crippen molar-refractivity contribution in [2.75, 3.05) is 11.9 Å². The Hall–Kier alpha value is -3.20. The molecule has 4 N–H and O–H groups in total. The molecule has 0 amide bonds. The number of rotatable bonds is 5. The molecule has 3 heterocycles. The number of carboxylic acid groups (broad SMARTS) is 1. The van der Waals surface area contributed by atoms with E-state index in [1.165, 1.54) is 22.8 Å². The Balaban J connectivity index is 1.67. The Labute approximate surface area is 160 Å². The van der Waals surface area contributed by atoms with Crippen molar-refractivity contribution in [3.63, 3.8) is 0 Å². The van der Waals surface area contributed by atoms with Crippen LogP contribution in [0.4, 0.5) is 10.2 Å². The van der Waals surface area contributed by atoms with Crippen LogP contribution in [0.25, 0.3) is 5.65 Å². The van der Waals surface area contributed by atoms with Gasteiger partial charge in [0, 0.05) is 30.3 Å². The number of carbonyl (C=O) groups is 1. The molecule has 0 spiro atoms. The topological polar surface area (TPSA) is 115 Å². The molecule has 2 atom stereocenters. The van der Waals surface area contributed by atoms with E-state index in [0.717, 1.165) is 5.56 Å². The van der Waals surface area contributed by atoms with Crippen LogP contribution in [0.1, 0.15) is 41.4 Å². The van der Waals surface area contributed by atoms with Gasteiger partial charge in [-0.3, -0.25) is 0 Å². The minimum absolute atomic E-state index is 0.00463. The summed E-state index contributed by atoms with van der Waals surface area (Å²) in [6, 6.07) is 4.24. The van der Waals surface area contributed by atoms with Crippen LogP contribution in [0, 0.1) is 5.82 Å². The van der Waals surface area contributed by atoms with E-state index in [1.54, 1.807) is 12.3 Å². The van der Waals surface area contributed by atoms with Crippen molar-refractivity contribution < 1.29 is 19.0 Å². The molecule has 0 unspecified atom stereocenters. The Bertz CT molecular complexity index is 1080. The number of nitrogens with zero attached hydrogens (tertiary/aromatic N) is 3. The van der Waals surface area contributed by atoms with Gasteiger partial charge in [-0.2, -0.15) is 5.10 Å². The number of nitrogens with two attached hydrogens (primary N) is 1. The lowest BCUT2D eigenvalue weighted by molar-refractivity contribution is 0.0698. The predicted octanol–water partition coefficient (Wildman–Crippen LogP) is 2.39. The maximum atomic E-state index is 14.2. The Kier molecular flexibility index (Phi) is 4.19. The molecular formula is C19H20FN5O3. The van der Waals surface area contributed by atoms with E-state index in [0.29, 0.717) is 30.1 Å². The number of halogens is 1. The molecule has 1 aliphatic rings. The lowest BCUT2D eigenvalue weighted by atomic mass is 9.97. The van der Waals surface area contributed by atoms with Gasteiger partial charge in [-0.15, -0.1) is 0 Å². The molecule has 0 aliphatic carbocycles. The first-order valence-electron chi connectivity index (χ1n) is 8.85. The minimum Gasteiger partial charge on any atom is -0.485 e. The summed E-state index contributed by atoms with van der Waals surface area (Å²) in [6.07, 6.45) is 3.40. The molecule has 28 heavy (non-hydrogen) atoms. The van der Waals surface area contributed by atoms with E-state index in [4.69, 9.17) is 10.5 Å². The number of fused-ring (bicyclic) bond motifs is 2. The fourth-order valence-electron chi connectivity index (χ4n) is 3.45. The second-order valence-electron chi connectivity index (χ2n) is 7.23. The lowest BCUT2D eigenvalue weighted by Gasteiger charge is -2.23. The monoisotopic (exact) mass is 385 g/mol. The van der Waals surface area contributed by atoms with Gasteiger partial charge in [0.25, 0.3) is 0 Å². The third-order valence-electron chi connectivity index (χ3n) is 4.93. The largest absolute Gasteiger partial charge is 0.485 e. The van der Waals surface area contributed by atoms with Crippen LogP contribution in [0.3, 0.4) is 0 Å². The number of carboxylic acids is 1. The second-order valence-corrected chi connectivity index (χ2v) is 7.23. The van der Waals surface area contributed by atoms with Crippen molar-refractivity contribution in [3.8, 4) is 5.75 Å². The zero-order valence-corrected chi connectivity index (χ0v) is 15.4. The Morgan fingerprint density at radius 2 is 2.32 bits per heavy atom. The van der Waals surface area contributed by atoms with Crippen LogP contribution in [0.5, 0.6) is 5.75 Å². The third kappa shape index (κ3) is 3.03. The molecular weight excluding hydrogens is 365 g/mol. The van der Waals surface area contributed by atoms with Crippen molar-refractivity contribution in [2.24, 2.45) is 5.73 Å².